The van der Waals surface area contributed by atoms with Crippen LogP contribution in [0.3, 0.4) is 0 Å². The van der Waals surface area contributed by atoms with Gasteiger partial charge in [-0.25, -0.2) is 4.79 Å². The van der Waals surface area contributed by atoms with Crippen LogP contribution in [0, 0.1) is 6.92 Å². The van der Waals surface area contributed by atoms with Gasteiger partial charge in [-0.05, 0) is 31.2 Å². The topological polar surface area (TPSA) is 55.8 Å². The van der Waals surface area contributed by atoms with E-state index in [1.807, 2.05) is 43.3 Å². The van der Waals surface area contributed by atoms with Gasteiger partial charge in [-0.2, -0.15) is 0 Å². The number of hydrogen-bond acceptors (Lipinski definition) is 4. The van der Waals surface area contributed by atoms with Crippen molar-refractivity contribution >= 4 is 39.9 Å². The summed E-state index contributed by atoms with van der Waals surface area (Å²) < 4.78 is 10.3. The van der Waals surface area contributed by atoms with Crippen molar-refractivity contribution in [2.45, 2.75) is 26.3 Å². The van der Waals surface area contributed by atoms with Crippen LogP contribution >= 0.6 is 11.6 Å². The van der Waals surface area contributed by atoms with Gasteiger partial charge in [0.25, 0.3) is 5.91 Å². The molecule has 0 aromatic heterocycles. The molecule has 2 rings (SSSR count). The van der Waals surface area contributed by atoms with Gasteiger partial charge in [-0.3, -0.25) is 9.69 Å². The Bertz CT molecular complexity index is 777. The lowest BCUT2D eigenvalue weighted by molar-refractivity contribution is -0.146. The second-order valence-corrected chi connectivity index (χ2v) is 6.27. The number of ether oxygens (including phenoxy) is 2. The molecule has 2 aromatic rings. The number of methoxy groups -OCH3 is 1. The van der Waals surface area contributed by atoms with Crippen molar-refractivity contribution in [1.82, 2.24) is 0 Å². The van der Waals surface area contributed by atoms with Gasteiger partial charge in [0, 0.05) is 18.4 Å². The Hall–Kier alpha value is -2.11. The molecule has 6 heteroatoms. The number of esters is 1. The predicted octanol–water partition coefficient (Wildman–Crippen LogP) is 3.69. The number of halogens is 1. The second kappa shape index (κ2) is 9.55. The van der Waals surface area contributed by atoms with Crippen molar-refractivity contribution in [3.8, 4) is 0 Å². The number of nitrogens with zero attached hydrogens (tertiary/aromatic N) is 1. The van der Waals surface area contributed by atoms with Gasteiger partial charge in [0.2, 0.25) is 0 Å². The van der Waals surface area contributed by atoms with Crippen molar-refractivity contribution < 1.29 is 19.1 Å². The van der Waals surface area contributed by atoms with Gasteiger partial charge < -0.3 is 9.47 Å². The number of fused-ring (bicyclic) bond motifs is 1. The maximum atomic E-state index is 12.9. The molecule has 0 radical (unpaired) electrons. The van der Waals surface area contributed by atoms with Crippen molar-refractivity contribution in [3.05, 3.63) is 42.0 Å². The molecule has 0 aliphatic rings. The molecule has 1 unspecified atom stereocenters. The fourth-order valence-corrected chi connectivity index (χ4v) is 3.23. The minimum Gasteiger partial charge on any atom is -0.464 e. The smallest absolute Gasteiger partial charge is 0.329 e. The molecule has 1 atom stereocenters. The van der Waals surface area contributed by atoms with E-state index in [0.717, 1.165) is 16.3 Å². The summed E-state index contributed by atoms with van der Waals surface area (Å²) in [6.07, 6.45) is 0.290. The average molecular weight is 378 g/mol. The van der Waals surface area contributed by atoms with Gasteiger partial charge in [0.1, 0.15) is 12.6 Å². The summed E-state index contributed by atoms with van der Waals surface area (Å²) in [5.74, 6) is -0.551. The molecule has 0 spiro atoms. The molecule has 0 aliphatic heterocycles. The molecule has 0 saturated heterocycles. The normalized spacial score (nSPS) is 12.0. The first-order chi connectivity index (χ1) is 12.5. The van der Waals surface area contributed by atoms with E-state index in [9.17, 15) is 9.59 Å². The van der Waals surface area contributed by atoms with Gasteiger partial charge in [-0.15, -0.1) is 11.6 Å². The summed E-state index contributed by atoms with van der Waals surface area (Å²) in [6, 6.07) is 10.9. The molecule has 1 amide bonds. The molecule has 2 aromatic carbocycles. The SMILES string of the molecule is CCOC(=O)C(CCCl)N(C(=O)COC)c1c(C)ccc2ccccc12. The fraction of sp³-hybridized carbons (Fsp3) is 0.400. The Balaban J connectivity index is 2.66. The lowest BCUT2D eigenvalue weighted by atomic mass is 10.0. The Morgan fingerprint density at radius 3 is 2.58 bits per heavy atom. The third kappa shape index (κ3) is 4.34. The van der Waals surface area contributed by atoms with Crippen molar-refractivity contribution in [2.24, 2.45) is 0 Å². The molecule has 0 aliphatic carbocycles. The van der Waals surface area contributed by atoms with Gasteiger partial charge in [0.05, 0.1) is 12.3 Å². The van der Waals surface area contributed by atoms with Crippen LogP contribution in [0.15, 0.2) is 36.4 Å². The van der Waals surface area contributed by atoms with Crippen molar-refractivity contribution in [2.75, 3.05) is 31.1 Å². The number of benzene rings is 2. The highest BCUT2D eigenvalue weighted by molar-refractivity contribution is 6.18. The van der Waals surface area contributed by atoms with Crippen molar-refractivity contribution in [3.63, 3.8) is 0 Å². The van der Waals surface area contributed by atoms with Crippen LogP contribution in [0.5, 0.6) is 0 Å². The first-order valence-corrected chi connectivity index (χ1v) is 9.10. The summed E-state index contributed by atoms with van der Waals surface area (Å²) in [5.41, 5.74) is 1.57. The Kier molecular flexibility index (Phi) is 7.42. The highest BCUT2D eigenvalue weighted by atomic mass is 35.5. The second-order valence-electron chi connectivity index (χ2n) is 5.89. The van der Waals surface area contributed by atoms with Crippen molar-refractivity contribution in [1.29, 1.82) is 0 Å². The maximum Gasteiger partial charge on any atom is 0.329 e. The molecule has 0 fully saturated rings. The number of rotatable bonds is 8. The molecule has 5 nitrogen and oxygen atoms in total. The molecule has 0 N–H and O–H groups in total. The maximum absolute atomic E-state index is 12.9. The highest BCUT2D eigenvalue weighted by Gasteiger charge is 2.33. The fourth-order valence-electron chi connectivity index (χ4n) is 3.03. The van der Waals surface area contributed by atoms with E-state index >= 15 is 0 Å². The van der Waals surface area contributed by atoms with Crippen LogP contribution in [0.25, 0.3) is 10.8 Å². The largest absolute Gasteiger partial charge is 0.464 e. The zero-order valence-corrected chi connectivity index (χ0v) is 16.1. The number of alkyl halides is 1. The quantitative estimate of drug-likeness (QED) is 0.520. The molecule has 0 heterocycles. The van der Waals surface area contributed by atoms with E-state index < -0.39 is 12.0 Å². The first kappa shape index (κ1) is 20.2. The van der Waals surface area contributed by atoms with Gasteiger partial charge in [0.15, 0.2) is 0 Å². The van der Waals surface area contributed by atoms with Crippen LogP contribution < -0.4 is 4.90 Å². The predicted molar refractivity (Wildman–Crippen MR) is 104 cm³/mol. The van der Waals surface area contributed by atoms with Crippen LogP contribution in [0.2, 0.25) is 0 Å². The third-order valence-corrected chi connectivity index (χ3v) is 4.35. The lowest BCUT2D eigenvalue weighted by Gasteiger charge is -2.32. The molecule has 0 saturated carbocycles. The van der Waals surface area contributed by atoms with Gasteiger partial charge in [-0.1, -0.05) is 36.4 Å². The Labute approximate surface area is 158 Å². The molecular weight excluding hydrogens is 354 g/mol. The Morgan fingerprint density at radius 2 is 1.92 bits per heavy atom. The highest BCUT2D eigenvalue weighted by Crippen LogP contribution is 2.33. The van der Waals surface area contributed by atoms with Crippen LogP contribution in [-0.4, -0.2) is 44.1 Å². The molecule has 140 valence electrons. The number of carbonyl (C=O) groups excluding carboxylic acids is 2. The van der Waals surface area contributed by atoms with Crippen LogP contribution in [-0.2, 0) is 19.1 Å². The number of amides is 1. The monoisotopic (exact) mass is 377 g/mol. The summed E-state index contributed by atoms with van der Waals surface area (Å²) in [6.45, 7) is 3.75. The zero-order valence-electron chi connectivity index (χ0n) is 15.3. The standard InChI is InChI=1S/C20H24ClNO4/c1-4-26-20(24)17(11-12-21)22(18(23)13-25-3)19-14(2)9-10-15-7-5-6-8-16(15)19/h5-10,17H,4,11-13H2,1-3H3. The third-order valence-electron chi connectivity index (χ3n) is 4.13. The van der Waals surface area contributed by atoms with E-state index in [1.165, 1.54) is 12.0 Å². The lowest BCUT2D eigenvalue weighted by Crippen LogP contribution is -2.48. The summed E-state index contributed by atoms with van der Waals surface area (Å²) in [5, 5.41) is 1.87. The summed E-state index contributed by atoms with van der Waals surface area (Å²) >= 11 is 5.93. The van der Waals surface area contributed by atoms with E-state index in [4.69, 9.17) is 21.1 Å². The number of aryl methyl sites for hydroxylation is 1. The van der Waals surface area contributed by atoms with Crippen LogP contribution in [0.4, 0.5) is 5.69 Å². The van der Waals surface area contributed by atoms with Crippen LogP contribution in [0.1, 0.15) is 18.9 Å². The minimum absolute atomic E-state index is 0.138. The molecule has 26 heavy (non-hydrogen) atoms. The summed E-state index contributed by atoms with van der Waals surface area (Å²) in [7, 11) is 1.45. The Morgan fingerprint density at radius 1 is 1.19 bits per heavy atom. The number of hydrogen-bond donors (Lipinski definition) is 0. The molecular formula is C20H24ClNO4. The van der Waals surface area contributed by atoms with E-state index in [2.05, 4.69) is 0 Å². The van der Waals surface area contributed by atoms with Gasteiger partial charge >= 0.3 is 5.97 Å². The summed E-state index contributed by atoms with van der Waals surface area (Å²) in [4.78, 5) is 27.0. The van der Waals surface area contributed by atoms with E-state index in [-0.39, 0.29) is 25.0 Å². The van der Waals surface area contributed by atoms with E-state index in [1.54, 1.807) is 6.92 Å². The first-order valence-electron chi connectivity index (χ1n) is 8.57. The van der Waals surface area contributed by atoms with E-state index in [0.29, 0.717) is 12.1 Å². The average Bonchev–Trinajstić information content (AvgIpc) is 2.63. The number of carbonyl (C=O) groups is 2. The zero-order chi connectivity index (χ0) is 19.1. The minimum atomic E-state index is -0.806. The number of anilines is 1. The molecule has 0 bridgehead atoms.